The maximum atomic E-state index is 9.30. The number of para-hydroxylation sites is 1. The Kier molecular flexibility index (Phi) is 4.16. The molecule has 0 bridgehead atoms. The number of hydrogen-bond acceptors (Lipinski definition) is 3. The van der Waals surface area contributed by atoms with E-state index in [1.807, 2.05) is 63.4 Å². The number of hydrogen-bond donors (Lipinski definition) is 0. The molecule has 2 aromatic carbocycles. The summed E-state index contributed by atoms with van der Waals surface area (Å²) < 4.78 is 33.6. The number of aromatic nitrogens is 1. The number of nitriles is 1. The number of rotatable bonds is 3. The summed E-state index contributed by atoms with van der Waals surface area (Å²) in [6.07, 6.45) is 0.315. The SMILES string of the molecule is [2H]c1c(C#N)ccc2c1oc1c(-c3cc(C([2H])([2H])C(C)(C)C)[c]([Ge]([CH3])([CH3])[CH3])cn3)cccc12. The van der Waals surface area contributed by atoms with E-state index < -0.39 is 25.1 Å². The third kappa shape index (κ3) is 3.89. The van der Waals surface area contributed by atoms with Crippen molar-refractivity contribution in [2.45, 2.75) is 44.4 Å². The van der Waals surface area contributed by atoms with Gasteiger partial charge in [-0.2, -0.15) is 0 Å². The number of pyridine rings is 1. The van der Waals surface area contributed by atoms with Crippen LogP contribution in [0.15, 0.2) is 53.1 Å². The molecule has 152 valence electrons. The van der Waals surface area contributed by atoms with Gasteiger partial charge in [-0.05, 0) is 0 Å². The van der Waals surface area contributed by atoms with Crippen LogP contribution in [0.25, 0.3) is 33.2 Å². The van der Waals surface area contributed by atoms with E-state index in [1.54, 1.807) is 6.07 Å². The summed E-state index contributed by atoms with van der Waals surface area (Å²) in [7, 11) is 0. The Hall–Kier alpha value is -2.58. The molecule has 4 heteroatoms. The zero-order chi connectivity index (χ0) is 24.3. The standard InChI is InChI=1S/C26H28GeN2O/c1-26(2,3)14-18-13-23(29-16-22(18)27(4,5)6)21-9-7-8-20-19-11-10-17(15-28)12-24(19)30-25(20)21/h7-13,16H,14H2,1-6H3/i12D,14D2. The summed E-state index contributed by atoms with van der Waals surface area (Å²) in [6, 6.07) is 13.2. The van der Waals surface area contributed by atoms with Gasteiger partial charge in [0.25, 0.3) is 0 Å². The Morgan fingerprint density at radius 3 is 2.60 bits per heavy atom. The Morgan fingerprint density at radius 2 is 1.93 bits per heavy atom. The van der Waals surface area contributed by atoms with Crippen LogP contribution in [-0.2, 0) is 6.37 Å². The van der Waals surface area contributed by atoms with Crippen LogP contribution < -0.4 is 4.40 Å². The van der Waals surface area contributed by atoms with Crippen LogP contribution in [0, 0.1) is 16.7 Å². The molecule has 0 saturated heterocycles. The summed E-state index contributed by atoms with van der Waals surface area (Å²) in [4.78, 5) is 4.77. The second kappa shape index (κ2) is 7.28. The molecule has 0 spiro atoms. The predicted octanol–water partition coefficient (Wildman–Crippen LogP) is 6.65. The predicted molar refractivity (Wildman–Crippen MR) is 128 cm³/mol. The van der Waals surface area contributed by atoms with Crippen molar-refractivity contribution in [2.75, 3.05) is 0 Å². The van der Waals surface area contributed by atoms with Gasteiger partial charge in [0, 0.05) is 0 Å². The van der Waals surface area contributed by atoms with Gasteiger partial charge in [0.2, 0.25) is 0 Å². The Bertz CT molecular complexity index is 1440. The molecule has 0 saturated carbocycles. The fraction of sp³-hybridized carbons (Fsp3) is 0.308. The molecule has 0 fully saturated rings. The van der Waals surface area contributed by atoms with Crippen molar-refractivity contribution < 1.29 is 8.53 Å². The zero-order valence-corrected chi connectivity index (χ0v) is 20.4. The first kappa shape index (κ1) is 17.1. The number of benzene rings is 2. The average molecular weight is 460 g/mol. The molecule has 30 heavy (non-hydrogen) atoms. The van der Waals surface area contributed by atoms with Crippen molar-refractivity contribution in [2.24, 2.45) is 5.41 Å². The van der Waals surface area contributed by atoms with E-state index in [-0.39, 0.29) is 11.6 Å². The zero-order valence-electron chi connectivity index (χ0n) is 21.3. The van der Waals surface area contributed by atoms with Crippen molar-refractivity contribution in [1.82, 2.24) is 4.98 Å². The molecule has 0 aliphatic heterocycles. The van der Waals surface area contributed by atoms with Crippen LogP contribution in [0.2, 0.25) is 17.3 Å². The van der Waals surface area contributed by atoms with E-state index in [4.69, 9.17) is 13.5 Å². The van der Waals surface area contributed by atoms with Gasteiger partial charge in [-0.25, -0.2) is 0 Å². The molecule has 4 aromatic rings. The molecular formula is C26H28GeN2O. The number of fused-ring (bicyclic) bond motifs is 3. The summed E-state index contributed by atoms with van der Waals surface area (Å²) in [5.41, 5.74) is 2.74. The molecule has 0 radical (unpaired) electrons. The summed E-state index contributed by atoms with van der Waals surface area (Å²) in [6.45, 7) is 5.78. The first-order valence-electron chi connectivity index (χ1n) is 11.6. The van der Waals surface area contributed by atoms with Gasteiger partial charge in [-0.1, -0.05) is 0 Å². The van der Waals surface area contributed by atoms with Crippen LogP contribution >= 0.6 is 0 Å². The van der Waals surface area contributed by atoms with Gasteiger partial charge in [-0.15, -0.1) is 0 Å². The van der Waals surface area contributed by atoms with Crippen LogP contribution in [0.3, 0.4) is 0 Å². The third-order valence-corrected chi connectivity index (χ3v) is 9.26. The van der Waals surface area contributed by atoms with Crippen molar-refractivity contribution >= 4 is 39.6 Å². The van der Waals surface area contributed by atoms with Crippen LogP contribution in [-0.4, -0.2) is 18.3 Å². The van der Waals surface area contributed by atoms with Gasteiger partial charge in [0.1, 0.15) is 0 Å². The quantitative estimate of drug-likeness (QED) is 0.322. The maximum absolute atomic E-state index is 9.30. The van der Waals surface area contributed by atoms with E-state index >= 15 is 0 Å². The molecule has 0 atom stereocenters. The first-order chi connectivity index (χ1) is 15.3. The minimum atomic E-state index is -2.43. The molecule has 3 nitrogen and oxygen atoms in total. The molecule has 0 aliphatic carbocycles. The van der Waals surface area contributed by atoms with Gasteiger partial charge >= 0.3 is 185 Å². The molecule has 2 aromatic heterocycles. The van der Waals surface area contributed by atoms with E-state index in [9.17, 15) is 5.26 Å². The Morgan fingerprint density at radius 1 is 1.17 bits per heavy atom. The molecule has 0 aliphatic rings. The molecule has 2 heterocycles. The normalized spacial score (nSPS) is 14.4. The Labute approximate surface area is 185 Å². The fourth-order valence-electron chi connectivity index (χ4n) is 3.70. The molecule has 0 unspecified atom stereocenters. The topological polar surface area (TPSA) is 49.8 Å². The van der Waals surface area contributed by atoms with Gasteiger partial charge in [-0.3, -0.25) is 0 Å². The summed E-state index contributed by atoms with van der Waals surface area (Å²) >= 11 is -2.43. The summed E-state index contributed by atoms with van der Waals surface area (Å²) in [5, 5.41) is 10.9. The Balaban J connectivity index is 2.03. The van der Waals surface area contributed by atoms with Crippen LogP contribution in [0.1, 0.15) is 36.0 Å². The van der Waals surface area contributed by atoms with Crippen molar-refractivity contribution in [1.29, 1.82) is 5.26 Å². The van der Waals surface area contributed by atoms with Crippen LogP contribution in [0.4, 0.5) is 0 Å². The average Bonchev–Trinajstić information content (AvgIpc) is 3.12. The van der Waals surface area contributed by atoms with Gasteiger partial charge in [0.15, 0.2) is 0 Å². The number of nitrogens with zero attached hydrogens (tertiary/aromatic N) is 2. The third-order valence-electron chi connectivity index (χ3n) is 5.04. The van der Waals surface area contributed by atoms with Crippen molar-refractivity contribution in [3.63, 3.8) is 0 Å². The van der Waals surface area contributed by atoms with Crippen LogP contribution in [0.5, 0.6) is 0 Å². The molecular weight excluding hydrogens is 429 g/mol. The van der Waals surface area contributed by atoms with E-state index in [2.05, 4.69) is 17.3 Å². The monoisotopic (exact) mass is 461 g/mol. The first-order valence-corrected chi connectivity index (χ1v) is 17.5. The van der Waals surface area contributed by atoms with E-state index in [1.165, 1.54) is 0 Å². The van der Waals surface area contributed by atoms with E-state index in [0.29, 0.717) is 22.4 Å². The van der Waals surface area contributed by atoms with Gasteiger partial charge in [0.05, 0.1) is 0 Å². The fourth-order valence-corrected chi connectivity index (χ4v) is 6.63. The van der Waals surface area contributed by atoms with Crippen molar-refractivity contribution in [3.05, 3.63) is 59.8 Å². The summed E-state index contributed by atoms with van der Waals surface area (Å²) in [5.74, 6) is 6.75. The molecule has 0 amide bonds. The molecule has 4 rings (SSSR count). The second-order valence-electron chi connectivity index (χ2n) is 9.75. The van der Waals surface area contributed by atoms with Gasteiger partial charge < -0.3 is 0 Å². The number of furan rings is 1. The van der Waals surface area contributed by atoms with Crippen molar-refractivity contribution in [3.8, 4) is 17.3 Å². The minimum absolute atomic E-state index is 0.0750. The second-order valence-corrected chi connectivity index (χ2v) is 20.3. The van der Waals surface area contributed by atoms with E-state index in [0.717, 1.165) is 20.7 Å². The molecule has 0 N–H and O–H groups in total.